The van der Waals surface area contributed by atoms with E-state index in [2.05, 4.69) is 120 Å². The molecule has 4 heterocycles. The summed E-state index contributed by atoms with van der Waals surface area (Å²) in [6.07, 6.45) is 9.34. The Balaban J connectivity index is 0.776. The van der Waals surface area contributed by atoms with Gasteiger partial charge in [-0.15, -0.1) is 11.3 Å². The highest BCUT2D eigenvalue weighted by Gasteiger charge is 2.33. The second-order valence-corrected chi connectivity index (χ2v) is 18.8. The summed E-state index contributed by atoms with van der Waals surface area (Å²) in [7, 11) is 1.82. The number of nitrogens with zero attached hydrogens (tertiary/aromatic N) is 5. The summed E-state index contributed by atoms with van der Waals surface area (Å²) in [5, 5.41) is 18.8. The van der Waals surface area contributed by atoms with E-state index < -0.39 is 0 Å². The van der Waals surface area contributed by atoms with E-state index in [0.717, 1.165) is 150 Å². The van der Waals surface area contributed by atoms with Gasteiger partial charge in [-0.2, -0.15) is 5.10 Å². The van der Waals surface area contributed by atoms with E-state index in [0.29, 0.717) is 18.1 Å². The number of aryl methyl sites for hydroxylation is 2. The first-order valence-electron chi connectivity index (χ1n) is 23.0. The minimum absolute atomic E-state index is 0.0546. The predicted octanol–water partition coefficient (Wildman–Crippen LogP) is 12.3. The first-order chi connectivity index (χ1) is 31.9. The second-order valence-electron chi connectivity index (χ2n) is 17.2. The van der Waals surface area contributed by atoms with E-state index in [1.165, 1.54) is 16.0 Å². The minimum atomic E-state index is -0.265. The van der Waals surface area contributed by atoms with Crippen molar-refractivity contribution >= 4 is 62.8 Å². The van der Waals surface area contributed by atoms with Gasteiger partial charge in [-0.1, -0.05) is 74.8 Å². The molecule has 1 saturated heterocycles. The van der Waals surface area contributed by atoms with Crippen LogP contribution >= 0.6 is 22.9 Å². The molecule has 2 unspecified atom stereocenters. The topological polar surface area (TPSA) is 98.1 Å². The van der Waals surface area contributed by atoms with Crippen LogP contribution in [0.25, 0.3) is 5.70 Å². The summed E-state index contributed by atoms with van der Waals surface area (Å²) in [6.45, 7) is 31.6. The number of fused-ring (bicyclic) bond motifs is 2. The summed E-state index contributed by atoms with van der Waals surface area (Å²) < 4.78 is 11.9. The SMILES string of the molecule is C=C1CCC(N2N=Cc3ccc(NCCOCCCCCOCCCc4ccc(NC(=C)CC5N=C(c6ccc(Cl)cc6)c6c(sc(C)c6C)N(/C(C)=N\C)C5=C)cc4)cc3C2=C)C(=C)N1. The number of thiophene rings is 1. The molecule has 0 aliphatic carbocycles. The maximum atomic E-state index is 6.31. The Hall–Kier alpha value is -5.72. The lowest BCUT2D eigenvalue weighted by Crippen LogP contribution is -2.40. The monoisotopic (exact) mass is 924 g/mol. The average molecular weight is 926 g/mol. The summed E-state index contributed by atoms with van der Waals surface area (Å²) in [5.74, 6) is 0.869. The van der Waals surface area contributed by atoms with Crippen LogP contribution in [-0.4, -0.2) is 74.9 Å². The summed E-state index contributed by atoms with van der Waals surface area (Å²) in [4.78, 5) is 13.4. The highest BCUT2D eigenvalue weighted by atomic mass is 35.5. The molecular formula is C54H65ClN8O2S. The number of hydrogen-bond donors (Lipinski definition) is 3. The molecule has 0 radical (unpaired) electrons. The van der Waals surface area contributed by atoms with Gasteiger partial charge in [-0.25, -0.2) is 0 Å². The zero-order valence-electron chi connectivity index (χ0n) is 39.1. The Morgan fingerprint density at radius 1 is 0.924 bits per heavy atom. The van der Waals surface area contributed by atoms with Crippen molar-refractivity contribution in [2.45, 2.75) is 84.2 Å². The van der Waals surface area contributed by atoms with Crippen LogP contribution in [0.5, 0.6) is 0 Å². The number of unbranched alkanes of at least 4 members (excludes halogenated alkanes) is 2. The number of hydrazone groups is 1. The Kier molecular flexibility index (Phi) is 16.5. The van der Waals surface area contributed by atoms with Crippen molar-refractivity contribution in [3.05, 3.63) is 166 Å². The average Bonchev–Trinajstić information content (AvgIpc) is 3.53. The largest absolute Gasteiger partial charge is 0.383 e. The zero-order valence-corrected chi connectivity index (χ0v) is 40.7. The molecule has 7 rings (SSSR count). The van der Waals surface area contributed by atoms with Crippen LogP contribution in [0.1, 0.15) is 90.1 Å². The number of benzene rings is 3. The number of aliphatic imine (C=N–C) groups is 2. The standard InChI is InChI=1S/C54H65ClN8O2S/c1-35-15-26-51(38(4)59-35)63-39(5)49-33-48(25-20-45(49)34-58-63)57-27-31-65-29-12-10-11-28-64-30-13-14-43-16-23-47(24-17-43)60-36(2)32-50-40(6)62(42(8)56-9)54-52(37(3)41(7)66-54)53(61-50)44-18-21-46(55)22-19-44/h16-25,33-34,50-51,57,59-60H,1-2,4-6,10-15,26-32H2,3,7-9H3/b56-42-. The fraction of sp³-hybridized carbons (Fsp3) is 0.352. The van der Waals surface area contributed by atoms with E-state index in [4.69, 9.17) is 26.1 Å². The summed E-state index contributed by atoms with van der Waals surface area (Å²) >= 11 is 8.06. The maximum Gasteiger partial charge on any atom is 0.111 e. The van der Waals surface area contributed by atoms with Crippen LogP contribution < -0.4 is 20.9 Å². The highest BCUT2D eigenvalue weighted by Crippen LogP contribution is 2.43. The van der Waals surface area contributed by atoms with E-state index >= 15 is 0 Å². The van der Waals surface area contributed by atoms with Crippen LogP contribution in [0, 0.1) is 13.8 Å². The Bertz CT molecular complexity index is 2520. The van der Waals surface area contributed by atoms with Gasteiger partial charge in [-0.3, -0.25) is 19.9 Å². The predicted molar refractivity (Wildman–Crippen MR) is 281 cm³/mol. The van der Waals surface area contributed by atoms with Gasteiger partial charge in [0.25, 0.3) is 0 Å². The van der Waals surface area contributed by atoms with Crippen molar-refractivity contribution in [2.75, 3.05) is 55.6 Å². The van der Waals surface area contributed by atoms with Crippen molar-refractivity contribution in [2.24, 2.45) is 15.1 Å². The van der Waals surface area contributed by atoms with Crippen molar-refractivity contribution in [1.82, 2.24) is 10.3 Å². The van der Waals surface area contributed by atoms with Crippen molar-refractivity contribution in [1.29, 1.82) is 0 Å². The maximum absolute atomic E-state index is 6.31. The summed E-state index contributed by atoms with van der Waals surface area (Å²) in [5.41, 5.74) is 14.2. The lowest BCUT2D eigenvalue weighted by atomic mass is 9.98. The van der Waals surface area contributed by atoms with Gasteiger partial charge in [-0.05, 0) is 113 Å². The molecule has 3 aliphatic rings. The number of hydrogen-bond acceptors (Lipinski definition) is 10. The number of nitrogens with one attached hydrogen (secondary N) is 3. The minimum Gasteiger partial charge on any atom is -0.383 e. The third kappa shape index (κ3) is 11.8. The molecule has 1 aromatic heterocycles. The smallest absolute Gasteiger partial charge is 0.111 e. The van der Waals surface area contributed by atoms with Gasteiger partial charge < -0.3 is 25.4 Å². The van der Waals surface area contributed by atoms with Gasteiger partial charge in [0.1, 0.15) is 10.8 Å². The molecule has 0 amide bonds. The molecule has 0 saturated carbocycles. The third-order valence-electron chi connectivity index (χ3n) is 12.4. The molecule has 346 valence electrons. The molecule has 0 spiro atoms. The van der Waals surface area contributed by atoms with Gasteiger partial charge >= 0.3 is 0 Å². The molecule has 10 nitrogen and oxygen atoms in total. The zero-order chi connectivity index (χ0) is 46.7. The number of rotatable bonds is 20. The van der Waals surface area contributed by atoms with E-state index in [-0.39, 0.29) is 12.1 Å². The quantitative estimate of drug-likeness (QED) is 0.0461. The highest BCUT2D eigenvalue weighted by molar-refractivity contribution is 7.17. The van der Waals surface area contributed by atoms with Crippen LogP contribution in [-0.2, 0) is 15.9 Å². The fourth-order valence-corrected chi connectivity index (χ4v) is 9.85. The normalized spacial score (nSPS) is 17.3. The molecule has 2 atom stereocenters. The fourth-order valence-electron chi connectivity index (χ4n) is 8.49. The molecule has 3 N–H and O–H groups in total. The van der Waals surface area contributed by atoms with Gasteiger partial charge in [0.15, 0.2) is 0 Å². The molecule has 3 aromatic carbocycles. The lowest BCUT2D eigenvalue weighted by Gasteiger charge is -2.37. The lowest BCUT2D eigenvalue weighted by molar-refractivity contribution is 0.117. The molecule has 4 aromatic rings. The van der Waals surface area contributed by atoms with Gasteiger partial charge in [0.05, 0.1) is 36.3 Å². The second kappa shape index (κ2) is 22.7. The van der Waals surface area contributed by atoms with E-state index in [1.807, 2.05) is 49.5 Å². The van der Waals surface area contributed by atoms with Crippen molar-refractivity contribution in [3.8, 4) is 0 Å². The first kappa shape index (κ1) is 48.2. The van der Waals surface area contributed by atoms with Crippen LogP contribution in [0.3, 0.4) is 0 Å². The van der Waals surface area contributed by atoms with E-state index in [1.54, 1.807) is 11.3 Å². The molecule has 66 heavy (non-hydrogen) atoms. The Morgan fingerprint density at radius 2 is 1.64 bits per heavy atom. The number of anilines is 3. The Labute approximate surface area is 401 Å². The molecule has 0 bridgehead atoms. The van der Waals surface area contributed by atoms with Crippen LogP contribution in [0.4, 0.5) is 16.4 Å². The number of halogens is 1. The third-order valence-corrected chi connectivity index (χ3v) is 13.8. The number of allylic oxidation sites excluding steroid dienone is 1. The van der Waals surface area contributed by atoms with Crippen molar-refractivity contribution < 1.29 is 9.47 Å². The van der Waals surface area contributed by atoms with Crippen LogP contribution in [0.2, 0.25) is 5.02 Å². The number of ether oxygens (including phenoxy) is 2. The molecule has 1 fully saturated rings. The molecule has 12 heteroatoms. The molecular weight excluding hydrogens is 860 g/mol. The summed E-state index contributed by atoms with van der Waals surface area (Å²) in [6, 6.07) is 22.6. The van der Waals surface area contributed by atoms with Gasteiger partial charge in [0.2, 0.25) is 0 Å². The molecule has 3 aliphatic heterocycles. The van der Waals surface area contributed by atoms with Crippen LogP contribution in [0.15, 0.2) is 137 Å². The number of piperidine rings is 1. The number of amidine groups is 1. The van der Waals surface area contributed by atoms with Crippen molar-refractivity contribution in [3.63, 3.8) is 0 Å². The van der Waals surface area contributed by atoms with Gasteiger partial charge in [0, 0.05) is 106 Å². The van der Waals surface area contributed by atoms with E-state index in [9.17, 15) is 0 Å². The Morgan fingerprint density at radius 3 is 2.36 bits per heavy atom. The first-order valence-corrected chi connectivity index (χ1v) is 24.2.